The number of methoxy groups -OCH3 is 2. The van der Waals surface area contributed by atoms with Gasteiger partial charge in [0.05, 0.1) is 13.2 Å². The lowest BCUT2D eigenvalue weighted by Gasteiger charge is -2.25. The van der Waals surface area contributed by atoms with Crippen molar-refractivity contribution in [3.8, 4) is 11.1 Å². The Bertz CT molecular complexity index is 949. The van der Waals surface area contributed by atoms with Gasteiger partial charge in [0.1, 0.15) is 13.2 Å². The van der Waals surface area contributed by atoms with Gasteiger partial charge in [-0.25, -0.2) is 4.79 Å². The molecule has 2 amide bonds. The highest BCUT2D eigenvalue weighted by Crippen LogP contribution is 2.44. The summed E-state index contributed by atoms with van der Waals surface area (Å²) in [5.41, 5.74) is 4.45. The minimum absolute atomic E-state index is 0.0805. The lowest BCUT2D eigenvalue weighted by molar-refractivity contribution is -0.150. The maximum Gasteiger partial charge on any atom is 0.407 e. The van der Waals surface area contributed by atoms with E-state index in [0.717, 1.165) is 27.2 Å². The second-order valence-corrected chi connectivity index (χ2v) is 7.58. The zero-order valence-corrected chi connectivity index (χ0v) is 18.7. The van der Waals surface area contributed by atoms with Crippen molar-refractivity contribution in [2.45, 2.75) is 12.0 Å². The Morgan fingerprint density at radius 3 is 2.18 bits per heavy atom. The minimum atomic E-state index is -1.15. The highest BCUT2D eigenvalue weighted by Gasteiger charge is 2.30. The fourth-order valence-corrected chi connectivity index (χ4v) is 3.93. The van der Waals surface area contributed by atoms with Crippen LogP contribution in [0.1, 0.15) is 17.0 Å². The summed E-state index contributed by atoms with van der Waals surface area (Å²) < 4.78 is 15.6. The number of benzene rings is 2. The number of nitrogens with zero attached hydrogens (tertiary/aromatic N) is 1. The number of carboxylic acids is 1. The van der Waals surface area contributed by atoms with E-state index in [0.29, 0.717) is 0 Å². The summed E-state index contributed by atoms with van der Waals surface area (Å²) >= 11 is 0. The number of aliphatic carboxylic acids is 1. The zero-order chi connectivity index (χ0) is 23.8. The average molecular weight is 456 g/mol. The van der Waals surface area contributed by atoms with Crippen LogP contribution in [-0.2, 0) is 23.8 Å². The molecule has 0 saturated heterocycles. The monoisotopic (exact) mass is 456 g/mol. The molecule has 0 aromatic heterocycles. The minimum Gasteiger partial charge on any atom is -0.480 e. The first kappa shape index (κ1) is 24.2. The maximum absolute atomic E-state index is 12.7. The third kappa shape index (κ3) is 5.88. The Labute approximate surface area is 192 Å². The molecule has 3 rings (SSSR count). The molecular formula is C24H28N2O7. The summed E-state index contributed by atoms with van der Waals surface area (Å²) in [6, 6.07) is 16.0. The van der Waals surface area contributed by atoms with Gasteiger partial charge in [-0.05, 0) is 22.3 Å². The molecule has 0 bridgehead atoms. The van der Waals surface area contributed by atoms with Crippen LogP contribution in [0, 0.1) is 0 Å². The van der Waals surface area contributed by atoms with E-state index >= 15 is 0 Å². The van der Waals surface area contributed by atoms with E-state index in [1.54, 1.807) is 0 Å². The van der Waals surface area contributed by atoms with Gasteiger partial charge in [-0.3, -0.25) is 9.59 Å². The van der Waals surface area contributed by atoms with Crippen LogP contribution in [0.15, 0.2) is 48.5 Å². The predicted octanol–water partition coefficient (Wildman–Crippen LogP) is 2.10. The van der Waals surface area contributed by atoms with Gasteiger partial charge in [-0.2, -0.15) is 0 Å². The van der Waals surface area contributed by atoms with Gasteiger partial charge in [0.25, 0.3) is 5.91 Å². The van der Waals surface area contributed by atoms with Crippen molar-refractivity contribution >= 4 is 18.0 Å². The van der Waals surface area contributed by atoms with Gasteiger partial charge in [-0.15, -0.1) is 0 Å². The number of ether oxygens (including phenoxy) is 3. The van der Waals surface area contributed by atoms with E-state index in [4.69, 9.17) is 19.3 Å². The highest BCUT2D eigenvalue weighted by molar-refractivity contribution is 5.85. The molecule has 0 heterocycles. The Morgan fingerprint density at radius 1 is 1.03 bits per heavy atom. The first-order chi connectivity index (χ1) is 16.0. The van der Waals surface area contributed by atoms with Crippen LogP contribution in [0.5, 0.6) is 0 Å². The van der Waals surface area contributed by atoms with E-state index in [9.17, 15) is 14.4 Å². The lowest BCUT2D eigenvalue weighted by atomic mass is 9.98. The van der Waals surface area contributed by atoms with Crippen LogP contribution in [0.25, 0.3) is 11.1 Å². The molecule has 2 aromatic rings. The quantitative estimate of drug-likeness (QED) is 0.532. The molecule has 33 heavy (non-hydrogen) atoms. The van der Waals surface area contributed by atoms with Crippen molar-refractivity contribution in [2.24, 2.45) is 0 Å². The topological polar surface area (TPSA) is 114 Å². The summed E-state index contributed by atoms with van der Waals surface area (Å²) in [6.45, 7) is -0.242. The molecule has 2 aromatic carbocycles. The SMILES string of the molecule is COCCN(CC(=O)O)C(=O)C(CNC(=O)OCC1c2ccccc2-c2ccccc21)OC. The molecule has 0 radical (unpaired) electrons. The number of amides is 2. The normalized spacial score (nSPS) is 13.0. The van der Waals surface area contributed by atoms with Gasteiger partial charge in [0.15, 0.2) is 6.10 Å². The Kier molecular flexibility index (Phi) is 8.39. The van der Waals surface area contributed by atoms with Crippen molar-refractivity contribution in [3.05, 3.63) is 59.7 Å². The number of fused-ring (bicyclic) bond motifs is 3. The number of hydrogen-bond acceptors (Lipinski definition) is 6. The van der Waals surface area contributed by atoms with Crippen molar-refractivity contribution in [1.82, 2.24) is 10.2 Å². The standard InChI is InChI=1S/C24H28N2O7/c1-31-12-11-26(14-22(27)28)23(29)21(32-2)13-25-24(30)33-15-20-18-9-5-3-7-16(18)17-8-4-6-10-19(17)20/h3-10,20-21H,11-15H2,1-2H3,(H,25,30)(H,27,28). The van der Waals surface area contributed by atoms with Gasteiger partial charge >= 0.3 is 12.1 Å². The highest BCUT2D eigenvalue weighted by atomic mass is 16.5. The molecule has 0 spiro atoms. The number of carboxylic acid groups (broad SMARTS) is 1. The van der Waals surface area contributed by atoms with Crippen LogP contribution in [0.4, 0.5) is 4.79 Å². The van der Waals surface area contributed by atoms with E-state index in [2.05, 4.69) is 17.4 Å². The number of carbonyl (C=O) groups excluding carboxylic acids is 2. The molecule has 1 aliphatic carbocycles. The molecule has 1 unspecified atom stereocenters. The Balaban J connectivity index is 1.57. The van der Waals surface area contributed by atoms with Gasteiger partial charge < -0.3 is 29.5 Å². The van der Waals surface area contributed by atoms with Crippen LogP contribution in [0.2, 0.25) is 0 Å². The van der Waals surface area contributed by atoms with Crippen LogP contribution in [0.3, 0.4) is 0 Å². The fraction of sp³-hybridized carbons (Fsp3) is 0.375. The van der Waals surface area contributed by atoms with Crippen LogP contribution < -0.4 is 5.32 Å². The smallest absolute Gasteiger partial charge is 0.407 e. The molecule has 0 aliphatic heterocycles. The van der Waals surface area contributed by atoms with Crippen molar-refractivity contribution in [2.75, 3.05) is 47.1 Å². The fourth-order valence-electron chi connectivity index (χ4n) is 3.93. The predicted molar refractivity (Wildman–Crippen MR) is 120 cm³/mol. The maximum atomic E-state index is 12.7. The third-order valence-corrected chi connectivity index (χ3v) is 5.54. The van der Waals surface area contributed by atoms with Crippen LogP contribution in [-0.4, -0.2) is 81.1 Å². The van der Waals surface area contributed by atoms with E-state index < -0.39 is 30.6 Å². The van der Waals surface area contributed by atoms with E-state index in [1.807, 2.05) is 36.4 Å². The Hall–Kier alpha value is -3.43. The molecule has 176 valence electrons. The number of rotatable bonds is 11. The van der Waals surface area contributed by atoms with Gasteiger partial charge in [-0.1, -0.05) is 48.5 Å². The summed E-state index contributed by atoms with van der Waals surface area (Å²) in [5, 5.41) is 11.6. The molecule has 1 atom stereocenters. The molecule has 2 N–H and O–H groups in total. The summed E-state index contributed by atoms with van der Waals surface area (Å²) in [6.07, 6.45) is -1.74. The molecule has 0 saturated carbocycles. The molecule has 9 heteroatoms. The second kappa shape index (κ2) is 11.4. The number of hydrogen-bond donors (Lipinski definition) is 2. The van der Waals surface area contributed by atoms with Crippen molar-refractivity contribution in [3.63, 3.8) is 0 Å². The van der Waals surface area contributed by atoms with Crippen molar-refractivity contribution in [1.29, 1.82) is 0 Å². The van der Waals surface area contributed by atoms with Crippen LogP contribution >= 0.6 is 0 Å². The van der Waals surface area contributed by atoms with Crippen molar-refractivity contribution < 1.29 is 33.7 Å². The van der Waals surface area contributed by atoms with Gasteiger partial charge in [0, 0.05) is 26.7 Å². The third-order valence-electron chi connectivity index (χ3n) is 5.54. The van der Waals surface area contributed by atoms with E-state index in [1.165, 1.54) is 14.2 Å². The Morgan fingerprint density at radius 2 is 1.64 bits per heavy atom. The average Bonchev–Trinajstić information content (AvgIpc) is 3.14. The molecule has 9 nitrogen and oxygen atoms in total. The van der Waals surface area contributed by atoms with Gasteiger partial charge in [0.2, 0.25) is 0 Å². The second-order valence-electron chi connectivity index (χ2n) is 7.58. The first-order valence-electron chi connectivity index (χ1n) is 10.6. The zero-order valence-electron chi connectivity index (χ0n) is 18.7. The number of alkyl carbamates (subject to hydrolysis) is 1. The largest absolute Gasteiger partial charge is 0.480 e. The summed E-state index contributed by atoms with van der Waals surface area (Å²) in [7, 11) is 2.77. The molecular weight excluding hydrogens is 428 g/mol. The summed E-state index contributed by atoms with van der Waals surface area (Å²) in [4.78, 5) is 37.2. The van der Waals surface area contributed by atoms with E-state index in [-0.39, 0.29) is 32.2 Å². The lowest BCUT2D eigenvalue weighted by Crippen LogP contribution is -2.48. The number of carbonyl (C=O) groups is 3. The number of nitrogens with one attached hydrogen (secondary N) is 1. The first-order valence-corrected chi connectivity index (χ1v) is 10.6. The molecule has 0 fully saturated rings. The summed E-state index contributed by atoms with van der Waals surface area (Å²) in [5.74, 6) is -1.79. The molecule has 1 aliphatic rings.